The summed E-state index contributed by atoms with van der Waals surface area (Å²) in [5, 5.41) is 8.36. The van der Waals surface area contributed by atoms with Gasteiger partial charge in [-0.1, -0.05) is 33.1 Å². The number of fused-ring (bicyclic) bond motifs is 1. The van der Waals surface area contributed by atoms with Gasteiger partial charge in [-0.3, -0.25) is 4.79 Å². The Balaban J connectivity index is 1.49. The number of nitrogens with zero attached hydrogens (tertiary/aromatic N) is 2. The largest absolute Gasteiger partial charge is 0.351 e. The van der Waals surface area contributed by atoms with Crippen LogP contribution in [0.25, 0.3) is 0 Å². The molecule has 0 spiro atoms. The number of primary amides is 1. The maximum atomic E-state index is 13.1. The van der Waals surface area contributed by atoms with Gasteiger partial charge in [0.1, 0.15) is 0 Å². The maximum absolute atomic E-state index is 13.1. The van der Waals surface area contributed by atoms with E-state index in [0.717, 1.165) is 65.6 Å². The van der Waals surface area contributed by atoms with E-state index < -0.39 is 0 Å². The van der Waals surface area contributed by atoms with Gasteiger partial charge < -0.3 is 20.9 Å². The van der Waals surface area contributed by atoms with Crippen LogP contribution in [0.15, 0.2) is 38.3 Å². The highest BCUT2D eigenvalue weighted by Gasteiger charge is 2.35. The van der Waals surface area contributed by atoms with Gasteiger partial charge in [0.05, 0.1) is 0 Å². The van der Waals surface area contributed by atoms with E-state index >= 15 is 0 Å². The van der Waals surface area contributed by atoms with Gasteiger partial charge in [0.25, 0.3) is 0 Å². The number of piperidine rings is 2. The normalized spacial score (nSPS) is 22.1. The Hall–Kier alpha value is -1.64. The van der Waals surface area contributed by atoms with Crippen LogP contribution in [0.3, 0.4) is 0 Å². The number of hydrogen-bond acceptors (Lipinski definition) is 3. The Morgan fingerprint density at radius 3 is 2.38 bits per heavy atom. The number of aryl methyl sites for hydroxylation is 1. The second-order valence-electron chi connectivity index (χ2n) is 10.5. The Morgan fingerprint density at radius 2 is 1.76 bits per heavy atom. The summed E-state index contributed by atoms with van der Waals surface area (Å²) in [6.45, 7) is 5.05. The standard InChI is InChI=1S/C28H35Br2ClN4O2/c1-17-20(13-22(29)16-32)2-3-21-14-23(31)15-24(30)27(21)26(17)19-6-10-34(11-7-19)25(36)12-18-4-8-35(9-5-18)28(33)37/h13-16,18-19,26,32H,2-12H2,1H3,(H2,33,37)/b22-13+,32-16?. The third kappa shape index (κ3) is 6.69. The van der Waals surface area contributed by atoms with Crippen molar-refractivity contribution in [3.63, 3.8) is 0 Å². The van der Waals surface area contributed by atoms with Crippen molar-refractivity contribution >= 4 is 61.6 Å². The monoisotopic (exact) mass is 652 g/mol. The zero-order chi connectivity index (χ0) is 26.7. The first-order valence-corrected chi connectivity index (χ1v) is 15.0. The fourth-order valence-electron chi connectivity index (χ4n) is 6.28. The van der Waals surface area contributed by atoms with Crippen LogP contribution in [-0.4, -0.2) is 54.1 Å². The molecule has 6 nitrogen and oxygen atoms in total. The molecule has 1 unspecified atom stereocenters. The van der Waals surface area contributed by atoms with Crippen molar-refractivity contribution < 1.29 is 9.59 Å². The van der Waals surface area contributed by atoms with Crippen LogP contribution in [0.2, 0.25) is 5.02 Å². The van der Waals surface area contributed by atoms with Crippen LogP contribution in [0.1, 0.15) is 62.5 Å². The van der Waals surface area contributed by atoms with Gasteiger partial charge in [0.15, 0.2) is 0 Å². The van der Waals surface area contributed by atoms with Crippen molar-refractivity contribution in [2.75, 3.05) is 26.2 Å². The summed E-state index contributed by atoms with van der Waals surface area (Å²) in [5.41, 5.74) is 10.6. The van der Waals surface area contributed by atoms with E-state index in [1.165, 1.54) is 28.5 Å². The number of carbonyl (C=O) groups is 2. The summed E-state index contributed by atoms with van der Waals surface area (Å²) < 4.78 is 1.82. The molecule has 1 aliphatic carbocycles. The Morgan fingerprint density at radius 1 is 1.11 bits per heavy atom. The molecule has 200 valence electrons. The number of halogens is 3. The molecule has 0 bridgehead atoms. The lowest BCUT2D eigenvalue weighted by atomic mass is 9.74. The predicted molar refractivity (Wildman–Crippen MR) is 157 cm³/mol. The minimum absolute atomic E-state index is 0.232. The van der Waals surface area contributed by atoms with E-state index in [1.54, 1.807) is 4.90 Å². The maximum Gasteiger partial charge on any atom is 0.314 e. The molecule has 0 saturated carbocycles. The number of urea groups is 1. The lowest BCUT2D eigenvalue weighted by Crippen LogP contribution is -2.44. The molecule has 1 atom stereocenters. The number of hydrogen-bond donors (Lipinski definition) is 2. The van der Waals surface area contributed by atoms with E-state index in [2.05, 4.69) is 50.9 Å². The molecule has 2 saturated heterocycles. The van der Waals surface area contributed by atoms with Crippen LogP contribution in [0.4, 0.5) is 4.79 Å². The van der Waals surface area contributed by atoms with Crippen molar-refractivity contribution in [2.45, 2.75) is 57.8 Å². The number of rotatable bonds is 5. The van der Waals surface area contributed by atoms with Crippen molar-refractivity contribution in [3.8, 4) is 0 Å². The summed E-state index contributed by atoms with van der Waals surface area (Å²) >= 11 is 13.8. The second kappa shape index (κ2) is 12.5. The fourth-order valence-corrected chi connectivity index (χ4v) is 7.67. The van der Waals surface area contributed by atoms with Crippen molar-refractivity contribution in [3.05, 3.63) is 54.5 Å². The number of nitrogens with two attached hydrogens (primary N) is 1. The molecule has 9 heteroatoms. The number of likely N-dealkylation sites (tertiary alicyclic amines) is 2. The zero-order valence-electron chi connectivity index (χ0n) is 21.2. The minimum atomic E-state index is -0.367. The van der Waals surface area contributed by atoms with Gasteiger partial charge >= 0.3 is 6.03 Å². The molecule has 4 rings (SSSR count). The van der Waals surface area contributed by atoms with Crippen LogP contribution >= 0.6 is 43.5 Å². The Bertz CT molecular complexity index is 1120. The van der Waals surface area contributed by atoms with E-state index in [-0.39, 0.29) is 17.9 Å². The lowest BCUT2D eigenvalue weighted by Gasteiger charge is -2.38. The van der Waals surface area contributed by atoms with E-state index in [4.69, 9.17) is 22.7 Å². The smallest absolute Gasteiger partial charge is 0.314 e. The topological polar surface area (TPSA) is 90.5 Å². The average molecular weight is 655 g/mol. The summed E-state index contributed by atoms with van der Waals surface area (Å²) in [6.07, 6.45) is 9.35. The Labute approximate surface area is 241 Å². The number of amides is 3. The zero-order valence-corrected chi connectivity index (χ0v) is 25.2. The minimum Gasteiger partial charge on any atom is -0.351 e. The average Bonchev–Trinajstić information content (AvgIpc) is 3.01. The van der Waals surface area contributed by atoms with Crippen LogP contribution in [0, 0.1) is 17.2 Å². The van der Waals surface area contributed by atoms with Crippen LogP contribution < -0.4 is 5.73 Å². The fraction of sp³-hybridized carbons (Fsp3) is 0.536. The van der Waals surface area contributed by atoms with Gasteiger partial charge in [-0.2, -0.15) is 0 Å². The molecule has 1 aromatic rings. The van der Waals surface area contributed by atoms with Crippen molar-refractivity contribution in [2.24, 2.45) is 17.6 Å². The number of benzene rings is 1. The first-order valence-electron chi connectivity index (χ1n) is 13.0. The third-order valence-electron chi connectivity index (χ3n) is 8.33. The summed E-state index contributed by atoms with van der Waals surface area (Å²) in [7, 11) is 0. The summed E-state index contributed by atoms with van der Waals surface area (Å²) in [4.78, 5) is 28.2. The number of carbonyl (C=O) groups excluding carboxylic acids is 2. The third-order valence-corrected chi connectivity index (χ3v) is 9.66. The first kappa shape index (κ1) is 28.4. The van der Waals surface area contributed by atoms with Gasteiger partial charge in [-0.15, -0.1) is 0 Å². The second-order valence-corrected chi connectivity index (χ2v) is 12.7. The molecule has 2 fully saturated rings. The molecule has 3 aliphatic rings. The van der Waals surface area contributed by atoms with Crippen LogP contribution in [0.5, 0.6) is 0 Å². The van der Waals surface area contributed by atoms with Gasteiger partial charge in [0.2, 0.25) is 5.91 Å². The SMILES string of the molecule is CC1=C(/C=C(/Br)C=N)CCc2cc(Cl)cc(Br)c2C1C1CCN(C(=O)CC2CCN(C(N)=O)CC2)CC1. The van der Waals surface area contributed by atoms with Gasteiger partial charge in [-0.25, -0.2) is 4.79 Å². The van der Waals surface area contributed by atoms with E-state index in [1.807, 2.05) is 11.0 Å². The summed E-state index contributed by atoms with van der Waals surface area (Å²) in [6, 6.07) is 3.73. The predicted octanol–water partition coefficient (Wildman–Crippen LogP) is 6.80. The molecule has 0 radical (unpaired) electrons. The van der Waals surface area contributed by atoms with Crippen LogP contribution in [-0.2, 0) is 11.2 Å². The molecule has 1 aromatic carbocycles. The first-order chi connectivity index (χ1) is 17.7. The lowest BCUT2D eigenvalue weighted by molar-refractivity contribution is -0.134. The molecule has 37 heavy (non-hydrogen) atoms. The summed E-state index contributed by atoms with van der Waals surface area (Å²) in [5.74, 6) is 1.20. The highest BCUT2D eigenvalue weighted by atomic mass is 79.9. The number of allylic oxidation sites excluding steroid dienone is 4. The number of nitrogens with one attached hydrogen (secondary N) is 1. The van der Waals surface area contributed by atoms with Gasteiger partial charge in [-0.05, 0) is 108 Å². The highest BCUT2D eigenvalue weighted by molar-refractivity contribution is 9.12. The van der Waals surface area contributed by atoms with E-state index in [0.29, 0.717) is 31.3 Å². The molecule has 3 N–H and O–H groups in total. The molecular formula is C28H35Br2ClN4O2. The molecular weight excluding hydrogens is 620 g/mol. The molecule has 0 aromatic heterocycles. The molecule has 2 aliphatic heterocycles. The highest BCUT2D eigenvalue weighted by Crippen LogP contribution is 2.47. The Kier molecular flexibility index (Phi) is 9.57. The quantitative estimate of drug-likeness (QED) is 0.342. The van der Waals surface area contributed by atoms with Crippen molar-refractivity contribution in [1.29, 1.82) is 5.41 Å². The van der Waals surface area contributed by atoms with E-state index in [9.17, 15) is 9.59 Å². The molecule has 2 heterocycles. The molecule has 3 amide bonds. The van der Waals surface area contributed by atoms with Crippen molar-refractivity contribution in [1.82, 2.24) is 9.80 Å². The van der Waals surface area contributed by atoms with Gasteiger partial charge in [0, 0.05) is 58.7 Å².